The molecule has 0 spiro atoms. The molecule has 1 saturated carbocycles. The highest BCUT2D eigenvalue weighted by atomic mass is 127. The number of halogens is 2. The largest absolute Gasteiger partial charge is 0.490 e. The van der Waals surface area contributed by atoms with Gasteiger partial charge >= 0.3 is 0 Å². The number of carbonyl (C=O) groups excluding carboxylic acids is 1. The first-order valence-electron chi connectivity index (χ1n) is 13.6. The first-order valence-corrected chi connectivity index (χ1v) is 14.7. The van der Waals surface area contributed by atoms with Crippen LogP contribution < -0.4 is 20.3 Å². The Hall–Kier alpha value is -3.80. The summed E-state index contributed by atoms with van der Waals surface area (Å²) in [6, 6.07) is 16.5. The average molecular weight is 669 g/mol. The molecule has 1 N–H and O–H groups in total. The number of rotatable bonds is 9. The zero-order valence-corrected chi connectivity index (χ0v) is 24.8. The van der Waals surface area contributed by atoms with Crippen LogP contribution in [0.1, 0.15) is 56.3 Å². The molecule has 4 aromatic rings. The number of anilines is 1. The molecule has 1 amide bonds. The van der Waals surface area contributed by atoms with Crippen molar-refractivity contribution in [3.05, 3.63) is 91.8 Å². The number of nitrogens with zero attached hydrogens (tertiary/aromatic N) is 3. The van der Waals surface area contributed by atoms with Crippen molar-refractivity contribution in [2.24, 2.45) is 5.10 Å². The lowest BCUT2D eigenvalue weighted by molar-refractivity contribution is -0.118. The number of para-hydroxylation sites is 1. The lowest BCUT2D eigenvalue weighted by atomic mass is 9.88. The molecule has 8 nitrogen and oxygen atoms in total. The number of fused-ring (bicyclic) bond motifs is 1. The normalized spacial score (nSPS) is 13.9. The van der Waals surface area contributed by atoms with Crippen molar-refractivity contribution >= 4 is 51.3 Å². The van der Waals surface area contributed by atoms with Gasteiger partial charge in [-0.15, -0.1) is 0 Å². The Kier molecular flexibility index (Phi) is 9.28. The van der Waals surface area contributed by atoms with Crippen molar-refractivity contribution in [3.8, 4) is 11.5 Å². The zero-order chi connectivity index (χ0) is 28.8. The Morgan fingerprint density at radius 1 is 1.12 bits per heavy atom. The maximum absolute atomic E-state index is 13.5. The number of ether oxygens (including phenoxy) is 2. The molecular weight excluding hydrogens is 638 g/mol. The summed E-state index contributed by atoms with van der Waals surface area (Å²) in [6.45, 7) is 1.98. The minimum absolute atomic E-state index is 0.175. The van der Waals surface area contributed by atoms with Crippen molar-refractivity contribution in [2.45, 2.75) is 44.9 Å². The van der Waals surface area contributed by atoms with Gasteiger partial charge in [0.05, 0.1) is 27.3 Å². The smallest absolute Gasteiger partial charge is 0.282 e. The predicted molar refractivity (Wildman–Crippen MR) is 166 cm³/mol. The summed E-state index contributed by atoms with van der Waals surface area (Å²) < 4.78 is 27.0. The van der Waals surface area contributed by atoms with Gasteiger partial charge < -0.3 is 14.8 Å². The van der Waals surface area contributed by atoms with Gasteiger partial charge in [-0.3, -0.25) is 9.59 Å². The van der Waals surface area contributed by atoms with Gasteiger partial charge in [0.2, 0.25) is 0 Å². The predicted octanol–water partition coefficient (Wildman–Crippen LogP) is 6.49. The summed E-state index contributed by atoms with van der Waals surface area (Å²) in [5.41, 5.74) is 1.66. The number of hydrogen-bond donors (Lipinski definition) is 1. The molecule has 1 aliphatic rings. The highest BCUT2D eigenvalue weighted by Gasteiger charge is 2.22. The quantitative estimate of drug-likeness (QED) is 0.163. The van der Waals surface area contributed by atoms with Gasteiger partial charge in [0.15, 0.2) is 18.1 Å². The molecule has 5 rings (SSSR count). The van der Waals surface area contributed by atoms with Gasteiger partial charge in [0.1, 0.15) is 11.6 Å². The van der Waals surface area contributed by atoms with E-state index in [1.807, 2.05) is 31.2 Å². The lowest BCUT2D eigenvalue weighted by Gasteiger charge is -2.22. The van der Waals surface area contributed by atoms with Crippen LogP contribution in [0.2, 0.25) is 0 Å². The highest BCUT2D eigenvalue weighted by molar-refractivity contribution is 14.1. The van der Waals surface area contributed by atoms with E-state index in [0.29, 0.717) is 49.7 Å². The Labute approximate surface area is 250 Å². The average Bonchev–Trinajstić information content (AvgIpc) is 2.98. The minimum Gasteiger partial charge on any atom is -0.490 e. The van der Waals surface area contributed by atoms with Gasteiger partial charge in [0.25, 0.3) is 11.5 Å². The third-order valence-corrected chi connectivity index (χ3v) is 7.68. The molecule has 0 atom stereocenters. The van der Waals surface area contributed by atoms with E-state index in [1.54, 1.807) is 18.3 Å². The van der Waals surface area contributed by atoms with E-state index in [1.165, 1.54) is 35.4 Å². The van der Waals surface area contributed by atoms with Crippen molar-refractivity contribution in [1.29, 1.82) is 0 Å². The number of benzene rings is 3. The van der Waals surface area contributed by atoms with Crippen LogP contribution in [0.15, 0.2) is 70.6 Å². The maximum Gasteiger partial charge on any atom is 0.282 e. The van der Waals surface area contributed by atoms with E-state index in [0.717, 1.165) is 25.7 Å². The molecule has 0 saturated heterocycles. The summed E-state index contributed by atoms with van der Waals surface area (Å²) >= 11 is 2.12. The van der Waals surface area contributed by atoms with E-state index in [2.05, 4.69) is 33.0 Å². The summed E-state index contributed by atoms with van der Waals surface area (Å²) in [6.07, 6.45) is 6.99. The summed E-state index contributed by atoms with van der Waals surface area (Å²) in [5.74, 6) is 0.966. The summed E-state index contributed by atoms with van der Waals surface area (Å²) in [4.78, 5) is 30.8. The topological polar surface area (TPSA) is 94.8 Å². The summed E-state index contributed by atoms with van der Waals surface area (Å²) in [5, 5.41) is 7.83. The van der Waals surface area contributed by atoms with Crippen LogP contribution >= 0.6 is 22.6 Å². The van der Waals surface area contributed by atoms with Gasteiger partial charge in [-0.2, -0.15) is 9.78 Å². The molecule has 41 heavy (non-hydrogen) atoms. The van der Waals surface area contributed by atoms with E-state index in [-0.39, 0.29) is 29.8 Å². The molecular formula is C31H30FIN4O4. The fourth-order valence-corrected chi connectivity index (χ4v) is 5.72. The Balaban J connectivity index is 1.41. The molecule has 0 aliphatic heterocycles. The van der Waals surface area contributed by atoms with Gasteiger partial charge in [-0.25, -0.2) is 9.37 Å². The first-order chi connectivity index (χ1) is 19.9. The van der Waals surface area contributed by atoms with E-state index < -0.39 is 0 Å². The van der Waals surface area contributed by atoms with Crippen LogP contribution in [0, 0.1) is 9.39 Å². The molecule has 1 fully saturated rings. The van der Waals surface area contributed by atoms with Gasteiger partial charge in [0, 0.05) is 11.6 Å². The number of amides is 1. The van der Waals surface area contributed by atoms with E-state index in [9.17, 15) is 14.0 Å². The molecule has 1 aliphatic carbocycles. The van der Waals surface area contributed by atoms with Crippen molar-refractivity contribution in [3.63, 3.8) is 0 Å². The molecule has 212 valence electrons. The van der Waals surface area contributed by atoms with Crippen molar-refractivity contribution in [1.82, 2.24) is 9.66 Å². The van der Waals surface area contributed by atoms with E-state index in [4.69, 9.17) is 14.5 Å². The third-order valence-electron chi connectivity index (χ3n) is 6.88. The second-order valence-corrected chi connectivity index (χ2v) is 11.0. The number of hydrogen-bond acceptors (Lipinski definition) is 6. The van der Waals surface area contributed by atoms with Crippen LogP contribution in [0.3, 0.4) is 0 Å². The lowest BCUT2D eigenvalue weighted by Crippen LogP contribution is -2.25. The Morgan fingerprint density at radius 3 is 2.63 bits per heavy atom. The number of nitrogens with one attached hydrogen (secondary N) is 1. The second kappa shape index (κ2) is 13.2. The molecule has 10 heteroatoms. The fourth-order valence-electron chi connectivity index (χ4n) is 4.94. The number of aromatic nitrogens is 2. The van der Waals surface area contributed by atoms with Crippen molar-refractivity contribution in [2.75, 3.05) is 18.5 Å². The SMILES string of the molecule is CCOc1cc(C=Nn2c(C3CCCCC3)nc3ccccc3c2=O)cc(I)c1OCC(=O)Nc1ccc(F)cc1. The van der Waals surface area contributed by atoms with E-state index >= 15 is 0 Å². The molecule has 3 aromatic carbocycles. The summed E-state index contributed by atoms with van der Waals surface area (Å²) in [7, 11) is 0. The Bertz CT molecular complexity index is 1630. The fraction of sp³-hybridized carbons (Fsp3) is 0.290. The van der Waals surface area contributed by atoms with Crippen molar-refractivity contribution < 1.29 is 18.7 Å². The molecule has 1 heterocycles. The molecule has 1 aromatic heterocycles. The van der Waals surface area contributed by atoms with Gasteiger partial charge in [-0.05, 0) is 96.5 Å². The first kappa shape index (κ1) is 28.7. The molecule has 0 radical (unpaired) electrons. The molecule has 0 unspecified atom stereocenters. The van der Waals surface area contributed by atoms with Crippen LogP contribution in [-0.2, 0) is 4.79 Å². The van der Waals surface area contributed by atoms with Crippen LogP contribution in [-0.4, -0.2) is 35.0 Å². The standard InChI is InChI=1S/C31H30FIN4O4/c1-2-40-27-17-20(16-25(33)29(27)41-19-28(38)35-23-14-12-22(32)13-15-23)18-34-37-30(21-8-4-3-5-9-21)36-26-11-7-6-10-24(26)31(37)39/h6-7,10-18,21H,2-5,8-9,19H2,1H3,(H,35,38). The second-order valence-electron chi connectivity index (χ2n) is 9.79. The van der Waals surface area contributed by atoms with Crippen LogP contribution in [0.25, 0.3) is 10.9 Å². The monoisotopic (exact) mass is 668 g/mol. The third kappa shape index (κ3) is 6.92. The highest BCUT2D eigenvalue weighted by Crippen LogP contribution is 2.34. The van der Waals surface area contributed by atoms with Crippen LogP contribution in [0.4, 0.5) is 10.1 Å². The van der Waals surface area contributed by atoms with Gasteiger partial charge in [-0.1, -0.05) is 31.4 Å². The minimum atomic E-state index is -0.390. The number of carbonyl (C=O) groups is 1. The maximum atomic E-state index is 13.5. The van der Waals surface area contributed by atoms with Crippen LogP contribution in [0.5, 0.6) is 11.5 Å². The molecule has 0 bridgehead atoms. The zero-order valence-electron chi connectivity index (χ0n) is 22.6. The Morgan fingerprint density at radius 2 is 1.88 bits per heavy atom.